The number of hydrogen-bond acceptors (Lipinski definition) is 4. The molecule has 6 heteroatoms. The average Bonchev–Trinajstić information content (AvgIpc) is 3.35. The van der Waals surface area contributed by atoms with Crippen molar-refractivity contribution in [2.24, 2.45) is 5.92 Å². The van der Waals surface area contributed by atoms with Crippen LogP contribution in [0.5, 0.6) is 0 Å². The number of benzene rings is 2. The summed E-state index contributed by atoms with van der Waals surface area (Å²) in [6, 6.07) is 19.6. The number of carbonyl (C=O) groups is 2. The summed E-state index contributed by atoms with van der Waals surface area (Å²) < 4.78 is 0. The van der Waals surface area contributed by atoms with E-state index in [9.17, 15) is 9.59 Å². The SMILES string of the molecule is CCC(C(=O)N(Cc1cc(NC(=O)c2cccs2)ccc1N(C)C)CC(C)C)c1ccccc1. The zero-order valence-electron chi connectivity index (χ0n) is 20.7. The molecule has 0 aliphatic rings. The van der Waals surface area contributed by atoms with E-state index in [4.69, 9.17) is 0 Å². The lowest BCUT2D eigenvalue weighted by Crippen LogP contribution is -2.37. The van der Waals surface area contributed by atoms with Crippen molar-refractivity contribution in [2.75, 3.05) is 30.9 Å². The number of amides is 2. The fraction of sp³-hybridized carbons (Fsp3) is 0.357. The van der Waals surface area contributed by atoms with Gasteiger partial charge in [-0.3, -0.25) is 9.59 Å². The Morgan fingerprint density at radius 1 is 1.00 bits per heavy atom. The minimum atomic E-state index is -0.176. The molecule has 0 fully saturated rings. The van der Waals surface area contributed by atoms with Gasteiger partial charge in [0.2, 0.25) is 5.91 Å². The number of anilines is 2. The minimum Gasteiger partial charge on any atom is -0.377 e. The van der Waals surface area contributed by atoms with Crippen molar-refractivity contribution in [1.82, 2.24) is 4.90 Å². The Morgan fingerprint density at radius 3 is 2.32 bits per heavy atom. The Bertz CT molecular complexity index is 1080. The first-order chi connectivity index (χ1) is 16.3. The number of hydrogen-bond donors (Lipinski definition) is 1. The molecule has 1 aromatic heterocycles. The van der Waals surface area contributed by atoms with Crippen LogP contribution in [0.15, 0.2) is 66.0 Å². The summed E-state index contributed by atoms with van der Waals surface area (Å²) in [6.07, 6.45) is 0.745. The molecule has 1 N–H and O–H groups in total. The van der Waals surface area contributed by atoms with Crippen molar-refractivity contribution in [3.8, 4) is 0 Å². The zero-order valence-corrected chi connectivity index (χ0v) is 21.6. The van der Waals surface area contributed by atoms with E-state index in [1.165, 1.54) is 11.3 Å². The second kappa shape index (κ2) is 11.8. The van der Waals surface area contributed by atoms with Crippen molar-refractivity contribution in [3.05, 3.63) is 82.0 Å². The van der Waals surface area contributed by atoms with E-state index < -0.39 is 0 Å². The lowest BCUT2D eigenvalue weighted by molar-refractivity contribution is -0.134. The highest BCUT2D eigenvalue weighted by atomic mass is 32.1. The second-order valence-electron chi connectivity index (χ2n) is 9.15. The van der Waals surface area contributed by atoms with Crippen LogP contribution in [0.25, 0.3) is 0 Å². The number of rotatable bonds is 10. The van der Waals surface area contributed by atoms with Gasteiger partial charge >= 0.3 is 0 Å². The summed E-state index contributed by atoms with van der Waals surface area (Å²) in [6.45, 7) is 7.48. The Morgan fingerprint density at radius 2 is 1.74 bits per heavy atom. The predicted molar refractivity (Wildman–Crippen MR) is 143 cm³/mol. The first-order valence-corrected chi connectivity index (χ1v) is 12.7. The molecule has 2 amide bonds. The maximum absolute atomic E-state index is 13.8. The minimum absolute atomic E-state index is 0.121. The Balaban J connectivity index is 1.91. The van der Waals surface area contributed by atoms with E-state index in [1.54, 1.807) is 0 Å². The summed E-state index contributed by atoms with van der Waals surface area (Å²) in [5.41, 5.74) is 3.81. The first-order valence-electron chi connectivity index (χ1n) is 11.8. The van der Waals surface area contributed by atoms with Gasteiger partial charge in [0.15, 0.2) is 0 Å². The van der Waals surface area contributed by atoms with Crippen LogP contribution in [0.2, 0.25) is 0 Å². The van der Waals surface area contributed by atoms with E-state index >= 15 is 0 Å². The van der Waals surface area contributed by atoms with Crippen LogP contribution in [0.1, 0.15) is 53.9 Å². The van der Waals surface area contributed by atoms with Crippen molar-refractivity contribution < 1.29 is 9.59 Å². The molecule has 0 spiro atoms. The maximum Gasteiger partial charge on any atom is 0.265 e. The van der Waals surface area contributed by atoms with Crippen LogP contribution < -0.4 is 10.2 Å². The molecule has 3 rings (SSSR count). The lowest BCUT2D eigenvalue weighted by atomic mass is 9.94. The first kappa shape index (κ1) is 25.5. The standard InChI is InChI=1S/C28H35N3O2S/c1-6-24(21-11-8-7-9-12-21)28(33)31(18-20(2)3)19-22-17-23(14-15-25(22)30(4)5)29-27(32)26-13-10-16-34-26/h7-17,20,24H,6,18-19H2,1-5H3,(H,29,32). The summed E-state index contributed by atoms with van der Waals surface area (Å²) in [7, 11) is 3.99. The van der Waals surface area contributed by atoms with Crippen LogP contribution in [0.3, 0.4) is 0 Å². The van der Waals surface area contributed by atoms with Gasteiger partial charge in [-0.25, -0.2) is 0 Å². The van der Waals surface area contributed by atoms with Crippen LogP contribution in [-0.4, -0.2) is 37.4 Å². The van der Waals surface area contributed by atoms with Gasteiger partial charge in [0.05, 0.1) is 10.8 Å². The maximum atomic E-state index is 13.8. The largest absolute Gasteiger partial charge is 0.377 e. The molecule has 0 aliphatic carbocycles. The van der Waals surface area contributed by atoms with Crippen LogP contribution >= 0.6 is 11.3 Å². The summed E-state index contributed by atoms with van der Waals surface area (Å²) in [4.78, 5) is 31.0. The van der Waals surface area contributed by atoms with Gasteiger partial charge in [-0.05, 0) is 53.1 Å². The highest BCUT2D eigenvalue weighted by molar-refractivity contribution is 7.12. The quantitative estimate of drug-likeness (QED) is 0.376. The normalized spacial score (nSPS) is 11.8. The van der Waals surface area contributed by atoms with Gasteiger partial charge in [0.25, 0.3) is 5.91 Å². The summed E-state index contributed by atoms with van der Waals surface area (Å²) in [5, 5.41) is 4.89. The van der Waals surface area contributed by atoms with Crippen molar-refractivity contribution in [2.45, 2.75) is 39.7 Å². The van der Waals surface area contributed by atoms with Gasteiger partial charge in [-0.1, -0.05) is 57.2 Å². The van der Waals surface area contributed by atoms with Gasteiger partial charge in [0.1, 0.15) is 0 Å². The van der Waals surface area contributed by atoms with Gasteiger partial charge < -0.3 is 15.1 Å². The Hall–Kier alpha value is -3.12. The third kappa shape index (κ3) is 6.48. The zero-order chi connectivity index (χ0) is 24.7. The number of nitrogens with one attached hydrogen (secondary N) is 1. The van der Waals surface area contributed by atoms with Crippen LogP contribution in [-0.2, 0) is 11.3 Å². The molecule has 3 aromatic rings. The van der Waals surface area contributed by atoms with Gasteiger partial charge in [0, 0.05) is 38.6 Å². The molecule has 0 saturated heterocycles. The smallest absolute Gasteiger partial charge is 0.265 e. The fourth-order valence-electron chi connectivity index (χ4n) is 4.16. The van der Waals surface area contributed by atoms with Crippen molar-refractivity contribution in [1.29, 1.82) is 0 Å². The Kier molecular flexibility index (Phi) is 8.88. The van der Waals surface area contributed by atoms with Crippen molar-refractivity contribution >= 4 is 34.5 Å². The summed E-state index contributed by atoms with van der Waals surface area (Å²) >= 11 is 1.41. The van der Waals surface area contributed by atoms with E-state index in [-0.39, 0.29) is 17.7 Å². The summed E-state index contributed by atoms with van der Waals surface area (Å²) in [5.74, 6) is 0.176. The average molecular weight is 478 g/mol. The van der Waals surface area contributed by atoms with Gasteiger partial charge in [-0.15, -0.1) is 11.3 Å². The number of nitrogens with zero attached hydrogens (tertiary/aromatic N) is 2. The van der Waals surface area contributed by atoms with Crippen LogP contribution in [0.4, 0.5) is 11.4 Å². The molecule has 0 aliphatic heterocycles. The molecule has 0 saturated carbocycles. The lowest BCUT2D eigenvalue weighted by Gasteiger charge is -2.30. The number of thiophene rings is 1. The van der Waals surface area contributed by atoms with E-state index in [0.717, 1.165) is 28.9 Å². The molecule has 34 heavy (non-hydrogen) atoms. The molecule has 2 aromatic carbocycles. The molecule has 0 radical (unpaired) electrons. The molecular weight excluding hydrogens is 442 g/mol. The van der Waals surface area contributed by atoms with E-state index in [2.05, 4.69) is 26.1 Å². The third-order valence-electron chi connectivity index (χ3n) is 5.73. The fourth-order valence-corrected chi connectivity index (χ4v) is 4.78. The molecule has 1 unspecified atom stereocenters. The van der Waals surface area contributed by atoms with Gasteiger partial charge in [-0.2, -0.15) is 0 Å². The molecule has 1 atom stereocenters. The Labute approximate surface area is 207 Å². The number of carbonyl (C=O) groups excluding carboxylic acids is 2. The van der Waals surface area contributed by atoms with Crippen LogP contribution in [0, 0.1) is 5.92 Å². The third-order valence-corrected chi connectivity index (χ3v) is 6.60. The molecule has 1 heterocycles. The highest BCUT2D eigenvalue weighted by Crippen LogP contribution is 2.28. The van der Waals surface area contributed by atoms with E-state index in [0.29, 0.717) is 23.9 Å². The molecule has 5 nitrogen and oxygen atoms in total. The predicted octanol–water partition coefficient (Wildman–Crippen LogP) is 6.24. The topological polar surface area (TPSA) is 52.7 Å². The molecule has 0 bridgehead atoms. The highest BCUT2D eigenvalue weighted by Gasteiger charge is 2.26. The van der Waals surface area contributed by atoms with E-state index in [1.807, 2.05) is 89.9 Å². The monoisotopic (exact) mass is 477 g/mol. The van der Waals surface area contributed by atoms with Crippen molar-refractivity contribution in [3.63, 3.8) is 0 Å². The molecular formula is C28H35N3O2S. The second-order valence-corrected chi connectivity index (χ2v) is 10.1. The molecule has 180 valence electrons.